The Bertz CT molecular complexity index is 1090. The van der Waals surface area contributed by atoms with Crippen LogP contribution in [-0.4, -0.2) is 36.8 Å². The molecule has 4 aromatic rings. The maximum atomic E-state index is 13.7. The molecule has 0 amide bonds. The van der Waals surface area contributed by atoms with Gasteiger partial charge in [-0.15, -0.1) is 0 Å². The number of benzene rings is 1. The van der Waals surface area contributed by atoms with Crippen molar-refractivity contribution in [2.75, 3.05) is 12.3 Å². The van der Waals surface area contributed by atoms with E-state index in [1.54, 1.807) is 30.9 Å². The Kier molecular flexibility index (Phi) is 4.71. The zero-order valence-corrected chi connectivity index (χ0v) is 15.1. The predicted molar refractivity (Wildman–Crippen MR) is 101 cm³/mol. The van der Waals surface area contributed by atoms with Gasteiger partial charge in [-0.3, -0.25) is 5.10 Å². The number of hydrogen-bond donors (Lipinski definition) is 2. The Balaban J connectivity index is 1.52. The van der Waals surface area contributed by atoms with Crippen molar-refractivity contribution in [3.05, 3.63) is 66.1 Å². The number of anilines is 1. The van der Waals surface area contributed by atoms with Crippen molar-refractivity contribution in [1.29, 1.82) is 0 Å². The van der Waals surface area contributed by atoms with Gasteiger partial charge in [-0.05, 0) is 36.8 Å². The molecule has 28 heavy (non-hydrogen) atoms. The van der Waals surface area contributed by atoms with Crippen molar-refractivity contribution in [2.45, 2.75) is 13.3 Å². The third kappa shape index (κ3) is 3.54. The molecular weight excluding hydrogens is 361 g/mol. The van der Waals surface area contributed by atoms with Crippen LogP contribution in [0.3, 0.4) is 0 Å². The van der Waals surface area contributed by atoms with Crippen LogP contribution >= 0.6 is 0 Å². The van der Waals surface area contributed by atoms with Crippen LogP contribution < -0.4 is 10.5 Å². The van der Waals surface area contributed by atoms with Crippen LogP contribution in [0.4, 0.5) is 10.2 Å². The summed E-state index contributed by atoms with van der Waals surface area (Å²) in [5.41, 5.74) is 10.0. The molecule has 0 saturated carbocycles. The molecule has 0 saturated heterocycles. The van der Waals surface area contributed by atoms with E-state index >= 15 is 0 Å². The molecular formula is C19H18FN7O. The third-order valence-corrected chi connectivity index (χ3v) is 4.33. The van der Waals surface area contributed by atoms with Crippen molar-refractivity contribution in [2.24, 2.45) is 0 Å². The van der Waals surface area contributed by atoms with Gasteiger partial charge in [-0.2, -0.15) is 20.1 Å². The lowest BCUT2D eigenvalue weighted by Gasteiger charge is -2.12. The zero-order valence-electron chi connectivity index (χ0n) is 15.1. The second-order valence-electron chi connectivity index (χ2n) is 6.18. The highest BCUT2D eigenvalue weighted by molar-refractivity contribution is 5.68. The molecule has 0 spiro atoms. The quantitative estimate of drug-likeness (QED) is 0.533. The van der Waals surface area contributed by atoms with E-state index < -0.39 is 0 Å². The number of ether oxygens (including phenoxy) is 1. The molecule has 0 aliphatic carbocycles. The van der Waals surface area contributed by atoms with Gasteiger partial charge >= 0.3 is 0 Å². The Morgan fingerprint density at radius 1 is 1.21 bits per heavy atom. The molecule has 142 valence electrons. The van der Waals surface area contributed by atoms with Crippen LogP contribution in [0.15, 0.2) is 49.1 Å². The number of nitrogens with one attached hydrogen (secondary N) is 1. The number of rotatable bonds is 6. The highest BCUT2D eigenvalue weighted by Gasteiger charge is 2.11. The first-order chi connectivity index (χ1) is 13.6. The maximum absolute atomic E-state index is 13.7. The first-order valence-corrected chi connectivity index (χ1v) is 8.66. The number of nitrogens with zero attached hydrogens (tertiary/aromatic N) is 5. The fraction of sp³-hybridized carbons (Fsp3) is 0.158. The molecule has 0 aliphatic rings. The van der Waals surface area contributed by atoms with Gasteiger partial charge < -0.3 is 10.5 Å². The van der Waals surface area contributed by atoms with Crippen LogP contribution in [-0.2, 0) is 6.42 Å². The van der Waals surface area contributed by atoms with Gasteiger partial charge in [0.25, 0.3) is 0 Å². The standard InChI is InChI=1S/C19H18FN7O/c1-12-16(11-23-26-12)14-9-18(19(21)22-10-14)28-7-4-13-8-15(20)2-3-17(13)27-24-5-6-25-27/h2-3,5-6,8-11H,4,7H2,1H3,(H2,21,22)(H,23,26). The Morgan fingerprint density at radius 2 is 2.04 bits per heavy atom. The van der Waals surface area contributed by atoms with Crippen LogP contribution in [0.25, 0.3) is 16.8 Å². The molecule has 0 radical (unpaired) electrons. The van der Waals surface area contributed by atoms with E-state index in [1.807, 2.05) is 13.0 Å². The molecule has 0 fully saturated rings. The Morgan fingerprint density at radius 3 is 2.79 bits per heavy atom. The molecule has 8 nitrogen and oxygen atoms in total. The van der Waals surface area contributed by atoms with E-state index in [4.69, 9.17) is 10.5 Å². The highest BCUT2D eigenvalue weighted by atomic mass is 19.1. The molecule has 9 heteroatoms. The number of H-pyrrole nitrogens is 1. The van der Waals surface area contributed by atoms with Crippen molar-refractivity contribution < 1.29 is 9.13 Å². The number of aromatic amines is 1. The number of nitrogens with two attached hydrogens (primary N) is 1. The lowest BCUT2D eigenvalue weighted by molar-refractivity contribution is 0.322. The number of aromatic nitrogens is 6. The Labute approximate surface area is 160 Å². The Hall–Kier alpha value is -3.75. The van der Waals surface area contributed by atoms with E-state index in [1.165, 1.54) is 16.9 Å². The van der Waals surface area contributed by atoms with Gasteiger partial charge in [0.2, 0.25) is 0 Å². The molecule has 3 aromatic heterocycles. The average Bonchev–Trinajstić information content (AvgIpc) is 3.35. The number of pyridine rings is 1. The van der Waals surface area contributed by atoms with Gasteiger partial charge in [0, 0.05) is 29.9 Å². The highest BCUT2D eigenvalue weighted by Crippen LogP contribution is 2.28. The monoisotopic (exact) mass is 379 g/mol. The second kappa shape index (κ2) is 7.47. The summed E-state index contributed by atoms with van der Waals surface area (Å²) < 4.78 is 19.6. The van der Waals surface area contributed by atoms with Crippen LogP contribution in [0.2, 0.25) is 0 Å². The van der Waals surface area contributed by atoms with E-state index in [-0.39, 0.29) is 18.2 Å². The fourth-order valence-electron chi connectivity index (χ4n) is 2.93. The minimum Gasteiger partial charge on any atom is -0.489 e. The molecule has 4 rings (SSSR count). The minimum absolute atomic E-state index is 0.289. The summed E-state index contributed by atoms with van der Waals surface area (Å²) in [6.45, 7) is 2.19. The van der Waals surface area contributed by atoms with Gasteiger partial charge in [0.05, 0.1) is 30.4 Å². The van der Waals surface area contributed by atoms with E-state index in [2.05, 4.69) is 25.4 Å². The molecule has 0 aliphatic heterocycles. The summed E-state index contributed by atoms with van der Waals surface area (Å²) in [7, 11) is 0. The van der Waals surface area contributed by atoms with Gasteiger partial charge in [-0.25, -0.2) is 9.37 Å². The lowest BCUT2D eigenvalue weighted by Crippen LogP contribution is -2.09. The van der Waals surface area contributed by atoms with Crippen LogP contribution in [0, 0.1) is 12.7 Å². The normalized spacial score (nSPS) is 10.9. The maximum Gasteiger partial charge on any atom is 0.166 e. The molecule has 1 aromatic carbocycles. The summed E-state index contributed by atoms with van der Waals surface area (Å²) in [6.07, 6.45) is 7.05. The summed E-state index contributed by atoms with van der Waals surface area (Å²) in [4.78, 5) is 5.65. The molecule has 3 heterocycles. The summed E-state index contributed by atoms with van der Waals surface area (Å²) in [5, 5.41) is 15.2. The summed E-state index contributed by atoms with van der Waals surface area (Å²) >= 11 is 0. The smallest absolute Gasteiger partial charge is 0.166 e. The van der Waals surface area contributed by atoms with Crippen molar-refractivity contribution >= 4 is 5.82 Å². The SMILES string of the molecule is Cc1n[nH]cc1-c1cnc(N)c(OCCc2cc(F)ccc2-n2nccn2)c1. The lowest BCUT2D eigenvalue weighted by atomic mass is 10.1. The molecule has 0 atom stereocenters. The first-order valence-electron chi connectivity index (χ1n) is 8.66. The summed E-state index contributed by atoms with van der Waals surface area (Å²) in [6, 6.07) is 6.29. The van der Waals surface area contributed by atoms with E-state index in [9.17, 15) is 4.39 Å². The average molecular weight is 379 g/mol. The molecule has 0 unspecified atom stereocenters. The zero-order chi connectivity index (χ0) is 19.5. The number of halogens is 1. The van der Waals surface area contributed by atoms with E-state index in [0.29, 0.717) is 17.9 Å². The number of aryl methyl sites for hydroxylation is 1. The first kappa shape index (κ1) is 17.7. The molecule has 3 N–H and O–H groups in total. The van der Waals surface area contributed by atoms with Gasteiger partial charge in [0.15, 0.2) is 11.6 Å². The van der Waals surface area contributed by atoms with Crippen molar-refractivity contribution in [3.63, 3.8) is 0 Å². The third-order valence-electron chi connectivity index (χ3n) is 4.33. The number of nitrogen functional groups attached to an aromatic ring is 1. The second-order valence-corrected chi connectivity index (χ2v) is 6.18. The number of hydrogen-bond acceptors (Lipinski definition) is 6. The largest absolute Gasteiger partial charge is 0.489 e. The van der Waals surface area contributed by atoms with Crippen LogP contribution in [0.1, 0.15) is 11.3 Å². The molecule has 0 bridgehead atoms. The van der Waals surface area contributed by atoms with E-state index in [0.717, 1.165) is 22.4 Å². The van der Waals surface area contributed by atoms with Gasteiger partial charge in [-0.1, -0.05) is 0 Å². The van der Waals surface area contributed by atoms with Crippen LogP contribution in [0.5, 0.6) is 5.75 Å². The predicted octanol–water partition coefficient (Wildman–Crippen LogP) is 2.70. The van der Waals surface area contributed by atoms with Crippen molar-refractivity contribution in [1.82, 2.24) is 30.2 Å². The van der Waals surface area contributed by atoms with Gasteiger partial charge in [0.1, 0.15) is 5.82 Å². The minimum atomic E-state index is -0.329. The summed E-state index contributed by atoms with van der Waals surface area (Å²) in [5.74, 6) is 0.427. The van der Waals surface area contributed by atoms with Crippen molar-refractivity contribution in [3.8, 4) is 22.6 Å². The fourth-order valence-corrected chi connectivity index (χ4v) is 2.93. The topological polar surface area (TPSA) is 108 Å².